The summed E-state index contributed by atoms with van der Waals surface area (Å²) in [6, 6.07) is 4.49. The van der Waals surface area contributed by atoms with Crippen LogP contribution in [0.3, 0.4) is 0 Å². The highest BCUT2D eigenvalue weighted by molar-refractivity contribution is 7.90. The minimum absolute atomic E-state index is 0.119. The zero-order valence-electron chi connectivity index (χ0n) is 12.8. The van der Waals surface area contributed by atoms with Gasteiger partial charge in [0, 0.05) is 6.54 Å². The zero-order valence-corrected chi connectivity index (χ0v) is 13.6. The van der Waals surface area contributed by atoms with E-state index in [-0.39, 0.29) is 10.7 Å². The highest BCUT2D eigenvalue weighted by Crippen LogP contribution is 2.29. The molecule has 0 fully saturated rings. The number of benzene rings is 1. The standard InChI is InChI=1S/C13H16F3NO6S/c1-22-10-4-3-9(7-11(10)23-2)5-6-17(8-12(18)19)24(20,21)13(14,15)16/h3-4,7H,5-6,8H2,1-2H3,(H,18,19). The smallest absolute Gasteiger partial charge is 0.493 e. The van der Waals surface area contributed by atoms with E-state index < -0.39 is 34.6 Å². The lowest BCUT2D eigenvalue weighted by atomic mass is 10.1. The van der Waals surface area contributed by atoms with Crippen molar-refractivity contribution < 1.29 is 41.0 Å². The molecule has 136 valence electrons. The molecular weight excluding hydrogens is 355 g/mol. The molecule has 24 heavy (non-hydrogen) atoms. The number of carbonyl (C=O) groups is 1. The largest absolute Gasteiger partial charge is 0.511 e. The van der Waals surface area contributed by atoms with Gasteiger partial charge < -0.3 is 14.6 Å². The van der Waals surface area contributed by atoms with Gasteiger partial charge >= 0.3 is 21.5 Å². The van der Waals surface area contributed by atoms with Crippen LogP contribution in [0.1, 0.15) is 5.56 Å². The molecule has 0 atom stereocenters. The SMILES string of the molecule is COc1ccc(CCN(CC(=O)O)S(=O)(=O)C(F)(F)F)cc1OC. The van der Waals surface area contributed by atoms with Gasteiger partial charge in [0.1, 0.15) is 6.54 Å². The summed E-state index contributed by atoms with van der Waals surface area (Å²) in [4.78, 5) is 10.7. The number of aliphatic carboxylic acids is 1. The number of carboxylic acids is 1. The molecule has 0 aliphatic carbocycles. The fourth-order valence-electron chi connectivity index (χ4n) is 1.87. The van der Waals surface area contributed by atoms with Crippen molar-refractivity contribution in [2.45, 2.75) is 11.9 Å². The first-order chi connectivity index (χ1) is 11.0. The van der Waals surface area contributed by atoms with E-state index in [4.69, 9.17) is 14.6 Å². The minimum Gasteiger partial charge on any atom is -0.493 e. The summed E-state index contributed by atoms with van der Waals surface area (Å²) in [5.74, 6) is -0.972. The van der Waals surface area contributed by atoms with Crippen molar-refractivity contribution in [3.63, 3.8) is 0 Å². The fraction of sp³-hybridized carbons (Fsp3) is 0.462. The molecule has 0 saturated carbocycles. The molecule has 0 saturated heterocycles. The molecule has 0 aromatic heterocycles. The molecule has 1 rings (SSSR count). The van der Waals surface area contributed by atoms with Crippen molar-refractivity contribution >= 4 is 16.0 Å². The molecule has 1 aromatic rings. The van der Waals surface area contributed by atoms with Crippen molar-refractivity contribution in [1.82, 2.24) is 4.31 Å². The second kappa shape index (κ2) is 7.71. The average Bonchev–Trinajstić information content (AvgIpc) is 2.49. The summed E-state index contributed by atoms with van der Waals surface area (Å²) in [5, 5.41) is 8.65. The lowest BCUT2D eigenvalue weighted by Crippen LogP contribution is -2.44. The van der Waals surface area contributed by atoms with Crippen LogP contribution in [0.5, 0.6) is 11.5 Å². The molecule has 0 bridgehead atoms. The number of rotatable bonds is 8. The van der Waals surface area contributed by atoms with Crippen molar-refractivity contribution in [2.75, 3.05) is 27.3 Å². The fourth-order valence-corrected chi connectivity index (χ4v) is 2.78. The summed E-state index contributed by atoms with van der Waals surface area (Å²) >= 11 is 0. The molecule has 7 nitrogen and oxygen atoms in total. The van der Waals surface area contributed by atoms with Crippen molar-refractivity contribution in [2.24, 2.45) is 0 Å². The highest BCUT2D eigenvalue weighted by atomic mass is 32.2. The first-order valence-electron chi connectivity index (χ1n) is 6.52. The predicted molar refractivity (Wildman–Crippen MR) is 77.4 cm³/mol. The highest BCUT2D eigenvalue weighted by Gasteiger charge is 2.50. The number of carboxylic acid groups (broad SMARTS) is 1. The van der Waals surface area contributed by atoms with Crippen LogP contribution in [0.2, 0.25) is 0 Å². The topological polar surface area (TPSA) is 93.1 Å². The average molecular weight is 371 g/mol. The number of methoxy groups -OCH3 is 2. The van der Waals surface area contributed by atoms with E-state index in [1.807, 2.05) is 0 Å². The third-order valence-corrected chi connectivity index (χ3v) is 4.62. The van der Waals surface area contributed by atoms with Gasteiger partial charge in [-0.1, -0.05) is 6.07 Å². The molecule has 0 aliphatic heterocycles. The molecule has 0 radical (unpaired) electrons. The van der Waals surface area contributed by atoms with Crippen LogP contribution in [0.15, 0.2) is 18.2 Å². The van der Waals surface area contributed by atoms with E-state index in [1.165, 1.54) is 32.4 Å². The van der Waals surface area contributed by atoms with Crippen molar-refractivity contribution in [1.29, 1.82) is 0 Å². The Labute approximate surface area is 136 Å². The van der Waals surface area contributed by atoms with Gasteiger partial charge in [0.25, 0.3) is 0 Å². The number of alkyl halides is 3. The summed E-state index contributed by atoms with van der Waals surface area (Å²) in [7, 11) is -2.96. The molecule has 1 aromatic carbocycles. The van der Waals surface area contributed by atoms with E-state index >= 15 is 0 Å². The van der Waals surface area contributed by atoms with Crippen molar-refractivity contribution in [3.05, 3.63) is 23.8 Å². The second-order valence-electron chi connectivity index (χ2n) is 4.62. The van der Waals surface area contributed by atoms with Gasteiger partial charge in [-0.2, -0.15) is 17.5 Å². The van der Waals surface area contributed by atoms with Crippen LogP contribution >= 0.6 is 0 Å². The molecule has 1 N–H and O–H groups in total. The van der Waals surface area contributed by atoms with Crippen LogP contribution in [0, 0.1) is 0 Å². The molecule has 0 amide bonds. The van der Waals surface area contributed by atoms with Gasteiger partial charge in [-0.25, -0.2) is 8.42 Å². The van der Waals surface area contributed by atoms with Gasteiger partial charge in [-0.05, 0) is 24.1 Å². The third kappa shape index (κ3) is 4.74. The predicted octanol–water partition coefficient (Wildman–Crippen LogP) is 1.48. The Hall–Kier alpha value is -2.01. The number of sulfonamides is 1. The normalized spacial score (nSPS) is 12.2. The number of ether oxygens (including phenoxy) is 2. The van der Waals surface area contributed by atoms with E-state index in [2.05, 4.69) is 0 Å². The van der Waals surface area contributed by atoms with Gasteiger partial charge in [-0.15, -0.1) is 0 Å². The van der Waals surface area contributed by atoms with E-state index in [0.29, 0.717) is 17.1 Å². The first-order valence-corrected chi connectivity index (χ1v) is 7.96. The molecule has 11 heteroatoms. The minimum atomic E-state index is -5.74. The Morgan fingerprint density at radius 1 is 1.21 bits per heavy atom. The van der Waals surface area contributed by atoms with Gasteiger partial charge in [-0.3, -0.25) is 4.79 Å². The lowest BCUT2D eigenvalue weighted by molar-refractivity contribution is -0.137. The summed E-state index contributed by atoms with van der Waals surface area (Å²) < 4.78 is 70.6. The molecule has 0 spiro atoms. The number of nitrogens with zero attached hydrogens (tertiary/aromatic N) is 1. The van der Waals surface area contributed by atoms with Crippen LogP contribution in [-0.4, -0.2) is 56.6 Å². The van der Waals surface area contributed by atoms with Gasteiger partial charge in [0.15, 0.2) is 11.5 Å². The first kappa shape index (κ1) is 20.0. The molecule has 0 heterocycles. The van der Waals surface area contributed by atoms with Gasteiger partial charge in [0.2, 0.25) is 0 Å². The van der Waals surface area contributed by atoms with Crippen molar-refractivity contribution in [3.8, 4) is 11.5 Å². The van der Waals surface area contributed by atoms with Gasteiger partial charge in [0.05, 0.1) is 14.2 Å². The molecule has 0 aliphatic rings. The molecular formula is C13H16F3NO6S. The van der Waals surface area contributed by atoms with E-state index in [9.17, 15) is 26.4 Å². The monoisotopic (exact) mass is 371 g/mol. The third-order valence-electron chi connectivity index (χ3n) is 3.04. The van der Waals surface area contributed by atoms with Crippen LogP contribution in [0.25, 0.3) is 0 Å². The lowest BCUT2D eigenvalue weighted by Gasteiger charge is -2.21. The Morgan fingerprint density at radius 3 is 2.25 bits per heavy atom. The van der Waals surface area contributed by atoms with E-state index in [1.54, 1.807) is 0 Å². The number of hydrogen-bond donors (Lipinski definition) is 1. The quantitative estimate of drug-likeness (QED) is 0.744. The number of hydrogen-bond acceptors (Lipinski definition) is 5. The Bertz CT molecular complexity index is 689. The second-order valence-corrected chi connectivity index (χ2v) is 6.55. The zero-order chi connectivity index (χ0) is 18.5. The maximum Gasteiger partial charge on any atom is 0.511 e. The van der Waals surface area contributed by atoms with E-state index in [0.717, 1.165) is 0 Å². The summed E-state index contributed by atoms with van der Waals surface area (Å²) in [5.41, 5.74) is -5.11. The summed E-state index contributed by atoms with van der Waals surface area (Å²) in [6.07, 6.45) is -0.136. The summed E-state index contributed by atoms with van der Waals surface area (Å²) in [6.45, 7) is -1.93. The van der Waals surface area contributed by atoms with Crippen LogP contribution in [0.4, 0.5) is 13.2 Å². The Morgan fingerprint density at radius 2 is 1.79 bits per heavy atom. The molecule has 0 unspecified atom stereocenters. The Kier molecular flexibility index (Phi) is 6.43. The van der Waals surface area contributed by atoms with Crippen LogP contribution in [-0.2, 0) is 21.2 Å². The maximum atomic E-state index is 12.6. The van der Waals surface area contributed by atoms with Crippen LogP contribution < -0.4 is 9.47 Å². The maximum absolute atomic E-state index is 12.6. The Balaban J connectivity index is 2.99. The number of halogens is 3.